The molecule has 0 bridgehead atoms. The summed E-state index contributed by atoms with van der Waals surface area (Å²) < 4.78 is 11.0. The molecule has 4 atom stereocenters. The molecule has 9 nitrogen and oxygen atoms in total. The Hall–Kier alpha value is -1.68. The highest BCUT2D eigenvalue weighted by Gasteiger charge is 2.53. The SMILES string of the molecule is COc1cn([C@@H]2O[C@H](CO)C(O)[C@]2(C)O)c(=O)[nH]c1=O. The van der Waals surface area contributed by atoms with E-state index in [1.165, 1.54) is 14.0 Å². The van der Waals surface area contributed by atoms with Crippen molar-refractivity contribution in [2.75, 3.05) is 13.7 Å². The van der Waals surface area contributed by atoms with E-state index in [1.807, 2.05) is 4.98 Å². The van der Waals surface area contributed by atoms with Crippen molar-refractivity contribution in [2.24, 2.45) is 0 Å². The highest BCUT2D eigenvalue weighted by molar-refractivity contribution is 5.13. The highest BCUT2D eigenvalue weighted by Crippen LogP contribution is 2.37. The minimum absolute atomic E-state index is 0.147. The number of hydrogen-bond acceptors (Lipinski definition) is 7. The first-order chi connectivity index (χ1) is 9.32. The molecule has 1 aromatic heterocycles. The summed E-state index contributed by atoms with van der Waals surface area (Å²) in [7, 11) is 1.25. The number of methoxy groups -OCH3 is 1. The number of nitrogens with zero attached hydrogens (tertiary/aromatic N) is 1. The van der Waals surface area contributed by atoms with Crippen LogP contribution in [0.3, 0.4) is 0 Å². The molecule has 1 saturated heterocycles. The van der Waals surface area contributed by atoms with E-state index < -0.39 is 41.9 Å². The van der Waals surface area contributed by atoms with Crippen LogP contribution in [0.25, 0.3) is 0 Å². The van der Waals surface area contributed by atoms with Crippen LogP contribution in [-0.2, 0) is 4.74 Å². The molecule has 1 aliphatic heterocycles. The number of nitrogens with one attached hydrogen (secondary N) is 1. The summed E-state index contributed by atoms with van der Waals surface area (Å²) in [4.78, 5) is 25.2. The molecule has 0 spiro atoms. The molecule has 1 aliphatic rings. The van der Waals surface area contributed by atoms with E-state index in [9.17, 15) is 19.8 Å². The third-order valence-corrected chi connectivity index (χ3v) is 3.34. The summed E-state index contributed by atoms with van der Waals surface area (Å²) in [6, 6.07) is 0. The Bertz CT molecular complexity index is 606. The Balaban J connectivity index is 2.52. The lowest BCUT2D eigenvalue weighted by molar-refractivity contribution is -0.0989. The minimum Gasteiger partial charge on any atom is -0.490 e. The van der Waals surface area contributed by atoms with Gasteiger partial charge < -0.3 is 24.8 Å². The molecule has 0 aromatic carbocycles. The number of ether oxygens (including phenoxy) is 2. The van der Waals surface area contributed by atoms with Gasteiger partial charge in [-0.1, -0.05) is 0 Å². The second-order valence-corrected chi connectivity index (χ2v) is 4.74. The van der Waals surface area contributed by atoms with E-state index in [4.69, 9.17) is 14.6 Å². The van der Waals surface area contributed by atoms with E-state index in [-0.39, 0.29) is 5.75 Å². The topological polar surface area (TPSA) is 134 Å². The Morgan fingerprint density at radius 3 is 2.70 bits per heavy atom. The van der Waals surface area contributed by atoms with Crippen molar-refractivity contribution < 1.29 is 24.8 Å². The van der Waals surface area contributed by atoms with Crippen LogP contribution in [0.15, 0.2) is 15.8 Å². The van der Waals surface area contributed by atoms with Crippen LogP contribution in [0, 0.1) is 0 Å². The number of H-pyrrole nitrogens is 1. The molecule has 4 N–H and O–H groups in total. The molecular formula is C11H16N2O7. The van der Waals surface area contributed by atoms with Gasteiger partial charge in [0.2, 0.25) is 5.75 Å². The first-order valence-corrected chi connectivity index (χ1v) is 5.89. The third kappa shape index (κ3) is 2.14. The molecule has 112 valence electrons. The number of aromatic nitrogens is 2. The second kappa shape index (κ2) is 5.02. The average molecular weight is 288 g/mol. The van der Waals surface area contributed by atoms with Crippen LogP contribution in [0.2, 0.25) is 0 Å². The summed E-state index contributed by atoms with van der Waals surface area (Å²) in [5.74, 6) is -0.147. The first-order valence-electron chi connectivity index (χ1n) is 5.89. The van der Waals surface area contributed by atoms with Crippen LogP contribution in [0.5, 0.6) is 5.75 Å². The summed E-state index contributed by atoms with van der Waals surface area (Å²) >= 11 is 0. The third-order valence-electron chi connectivity index (χ3n) is 3.34. The molecule has 0 saturated carbocycles. The van der Waals surface area contributed by atoms with Gasteiger partial charge in [-0.15, -0.1) is 0 Å². The van der Waals surface area contributed by atoms with Gasteiger partial charge in [0.25, 0.3) is 5.56 Å². The van der Waals surface area contributed by atoms with Crippen LogP contribution in [-0.4, -0.2) is 56.4 Å². The first kappa shape index (κ1) is 14.7. The molecular weight excluding hydrogens is 272 g/mol. The number of rotatable bonds is 3. The zero-order valence-corrected chi connectivity index (χ0v) is 10.9. The van der Waals surface area contributed by atoms with Gasteiger partial charge >= 0.3 is 5.69 Å². The van der Waals surface area contributed by atoms with E-state index in [1.54, 1.807) is 0 Å². The van der Waals surface area contributed by atoms with E-state index >= 15 is 0 Å². The van der Waals surface area contributed by atoms with Crippen LogP contribution < -0.4 is 16.0 Å². The highest BCUT2D eigenvalue weighted by atomic mass is 16.6. The largest absolute Gasteiger partial charge is 0.490 e. The van der Waals surface area contributed by atoms with Crippen molar-refractivity contribution in [2.45, 2.75) is 31.0 Å². The maximum absolute atomic E-state index is 11.8. The molecule has 2 rings (SSSR count). The van der Waals surface area contributed by atoms with Gasteiger partial charge in [0.15, 0.2) is 6.23 Å². The van der Waals surface area contributed by atoms with Gasteiger partial charge in [-0.25, -0.2) is 4.79 Å². The normalized spacial score (nSPS) is 33.4. The Morgan fingerprint density at radius 2 is 2.20 bits per heavy atom. The smallest absolute Gasteiger partial charge is 0.330 e. The molecule has 2 heterocycles. The van der Waals surface area contributed by atoms with Gasteiger partial charge in [-0.05, 0) is 6.92 Å². The quantitative estimate of drug-likeness (QED) is 0.485. The van der Waals surface area contributed by atoms with Gasteiger partial charge in [-0.3, -0.25) is 14.3 Å². The van der Waals surface area contributed by atoms with Crippen molar-refractivity contribution in [1.29, 1.82) is 0 Å². The molecule has 0 aliphatic carbocycles. The van der Waals surface area contributed by atoms with Gasteiger partial charge in [0.1, 0.15) is 17.8 Å². The predicted octanol–water partition coefficient (Wildman–Crippen LogP) is -2.45. The summed E-state index contributed by atoms with van der Waals surface area (Å²) in [6.45, 7) is 0.741. The van der Waals surface area contributed by atoms with E-state index in [0.29, 0.717) is 0 Å². The van der Waals surface area contributed by atoms with E-state index in [0.717, 1.165) is 10.8 Å². The van der Waals surface area contributed by atoms with Crippen LogP contribution in [0.4, 0.5) is 0 Å². The second-order valence-electron chi connectivity index (χ2n) is 4.74. The Kier molecular flexibility index (Phi) is 3.69. The summed E-state index contributed by atoms with van der Waals surface area (Å²) in [6.07, 6.45) is -2.62. The number of aromatic amines is 1. The molecule has 20 heavy (non-hydrogen) atoms. The van der Waals surface area contributed by atoms with Crippen molar-refractivity contribution >= 4 is 0 Å². The standard InChI is InChI=1S/C11H16N2O7/c1-11(18)7(15)6(4-14)20-9(11)13-3-5(19-2)8(16)12-10(13)17/h3,6-7,9,14-15,18H,4H2,1-2H3,(H,12,16,17)/t6-,7?,9-,11+/m1/s1. The Labute approximate surface area is 113 Å². The lowest BCUT2D eigenvalue weighted by atomic mass is 9.96. The zero-order chi connectivity index (χ0) is 15.1. The zero-order valence-electron chi connectivity index (χ0n) is 10.9. The maximum atomic E-state index is 11.8. The molecule has 1 aromatic rings. The molecule has 0 amide bonds. The lowest BCUT2D eigenvalue weighted by Crippen LogP contribution is -2.46. The lowest BCUT2D eigenvalue weighted by Gasteiger charge is -2.27. The molecule has 9 heteroatoms. The van der Waals surface area contributed by atoms with Crippen molar-refractivity contribution in [3.63, 3.8) is 0 Å². The fourth-order valence-corrected chi connectivity index (χ4v) is 2.18. The van der Waals surface area contributed by atoms with Gasteiger partial charge in [0, 0.05) is 0 Å². The fourth-order valence-electron chi connectivity index (χ4n) is 2.18. The summed E-state index contributed by atoms with van der Waals surface area (Å²) in [5, 5.41) is 29.2. The number of aliphatic hydroxyl groups is 3. The predicted molar refractivity (Wildman–Crippen MR) is 65.5 cm³/mol. The van der Waals surface area contributed by atoms with Gasteiger partial charge in [-0.2, -0.15) is 0 Å². The molecule has 1 unspecified atom stereocenters. The van der Waals surface area contributed by atoms with Gasteiger partial charge in [0.05, 0.1) is 19.9 Å². The monoisotopic (exact) mass is 288 g/mol. The van der Waals surface area contributed by atoms with Crippen LogP contribution in [0.1, 0.15) is 13.2 Å². The average Bonchev–Trinajstić information content (AvgIpc) is 2.62. The van der Waals surface area contributed by atoms with E-state index in [2.05, 4.69) is 0 Å². The fraction of sp³-hybridized carbons (Fsp3) is 0.636. The number of hydrogen-bond donors (Lipinski definition) is 4. The minimum atomic E-state index is -1.82. The number of aliphatic hydroxyl groups excluding tert-OH is 2. The van der Waals surface area contributed by atoms with Crippen molar-refractivity contribution in [3.05, 3.63) is 27.0 Å². The van der Waals surface area contributed by atoms with Crippen molar-refractivity contribution in [1.82, 2.24) is 9.55 Å². The van der Waals surface area contributed by atoms with Crippen LogP contribution >= 0.6 is 0 Å². The Morgan fingerprint density at radius 1 is 1.55 bits per heavy atom. The molecule has 0 radical (unpaired) electrons. The van der Waals surface area contributed by atoms with Crippen molar-refractivity contribution in [3.8, 4) is 5.75 Å². The summed E-state index contributed by atoms with van der Waals surface area (Å²) in [5.41, 5.74) is -3.36. The molecule has 1 fully saturated rings. The maximum Gasteiger partial charge on any atom is 0.330 e.